The molecule has 0 aliphatic heterocycles. The Labute approximate surface area is 176 Å². The molecular weight excluding hydrogens is 392 g/mol. The Bertz CT molecular complexity index is 804. The van der Waals surface area contributed by atoms with Crippen molar-refractivity contribution in [2.45, 2.75) is 40.7 Å². The maximum atomic E-state index is 12.5. The van der Waals surface area contributed by atoms with Crippen molar-refractivity contribution in [3.63, 3.8) is 0 Å². The number of carbonyl (C=O) groups excluding carboxylic acids is 4. The molecular formula is C22H28O8. The third-order valence-electron chi connectivity index (χ3n) is 3.48. The molecule has 8 heteroatoms. The van der Waals surface area contributed by atoms with Gasteiger partial charge in [-0.2, -0.15) is 0 Å². The lowest BCUT2D eigenvalue weighted by molar-refractivity contribution is -0.157. The van der Waals surface area contributed by atoms with Gasteiger partial charge in [0.15, 0.2) is 6.10 Å². The van der Waals surface area contributed by atoms with E-state index in [1.807, 2.05) is 20.8 Å². The fraction of sp³-hybridized carbons (Fsp3) is 0.455. The number of hydrogen-bond donors (Lipinski definition) is 0. The van der Waals surface area contributed by atoms with Gasteiger partial charge >= 0.3 is 23.9 Å². The predicted molar refractivity (Wildman–Crippen MR) is 108 cm³/mol. The number of hydrogen-bond acceptors (Lipinski definition) is 8. The molecule has 0 bridgehead atoms. The van der Waals surface area contributed by atoms with Crippen LogP contribution < -0.4 is 0 Å². The highest BCUT2D eigenvalue weighted by atomic mass is 16.6. The summed E-state index contributed by atoms with van der Waals surface area (Å²) in [4.78, 5) is 47.7. The first-order valence-electron chi connectivity index (χ1n) is 9.34. The molecule has 0 radical (unpaired) electrons. The second-order valence-electron chi connectivity index (χ2n) is 7.89. The zero-order chi connectivity index (χ0) is 22.9. The Morgan fingerprint density at radius 1 is 0.900 bits per heavy atom. The zero-order valence-electron chi connectivity index (χ0n) is 18.0. The molecule has 1 atom stereocenters. The predicted octanol–water partition coefficient (Wildman–Crippen LogP) is 3.10. The minimum Gasteiger partial charge on any atom is -0.462 e. The largest absolute Gasteiger partial charge is 0.462 e. The van der Waals surface area contributed by atoms with Crippen molar-refractivity contribution in [1.29, 1.82) is 0 Å². The Kier molecular flexibility index (Phi) is 9.23. The van der Waals surface area contributed by atoms with Crippen LogP contribution in [0.2, 0.25) is 0 Å². The molecule has 8 nitrogen and oxygen atoms in total. The molecule has 1 unspecified atom stereocenters. The van der Waals surface area contributed by atoms with E-state index >= 15 is 0 Å². The van der Waals surface area contributed by atoms with E-state index in [2.05, 4.69) is 6.58 Å². The van der Waals surface area contributed by atoms with Gasteiger partial charge in [0.1, 0.15) is 13.2 Å². The number of rotatable bonds is 9. The molecule has 0 saturated heterocycles. The normalized spacial score (nSPS) is 11.8. The summed E-state index contributed by atoms with van der Waals surface area (Å²) >= 11 is 0. The van der Waals surface area contributed by atoms with Crippen LogP contribution in [0.15, 0.2) is 36.4 Å². The first-order valence-corrected chi connectivity index (χ1v) is 9.34. The zero-order valence-corrected chi connectivity index (χ0v) is 18.0. The number of carbonyl (C=O) groups is 4. The number of esters is 4. The van der Waals surface area contributed by atoms with Crippen LogP contribution in [0.3, 0.4) is 0 Å². The Hall–Kier alpha value is -3.16. The van der Waals surface area contributed by atoms with Gasteiger partial charge < -0.3 is 18.9 Å². The molecule has 0 aliphatic rings. The van der Waals surface area contributed by atoms with Crippen LogP contribution in [-0.2, 0) is 28.5 Å². The van der Waals surface area contributed by atoms with Crippen molar-refractivity contribution >= 4 is 23.9 Å². The molecule has 1 rings (SSSR count). The minimum absolute atomic E-state index is 0.0110. The van der Waals surface area contributed by atoms with Gasteiger partial charge in [0.05, 0.1) is 17.7 Å². The smallest absolute Gasteiger partial charge is 0.339 e. The van der Waals surface area contributed by atoms with Crippen LogP contribution >= 0.6 is 0 Å². The molecule has 0 aliphatic carbocycles. The second kappa shape index (κ2) is 11.1. The lowest BCUT2D eigenvalue weighted by atomic mass is 9.98. The van der Waals surface area contributed by atoms with E-state index in [0.717, 1.165) is 0 Å². The van der Waals surface area contributed by atoms with Crippen LogP contribution in [-0.4, -0.2) is 49.8 Å². The van der Waals surface area contributed by atoms with E-state index in [0.29, 0.717) is 0 Å². The van der Waals surface area contributed by atoms with Gasteiger partial charge in [-0.3, -0.25) is 4.79 Å². The summed E-state index contributed by atoms with van der Waals surface area (Å²) in [5.41, 5.74) is 0.0153. The lowest BCUT2D eigenvalue weighted by Crippen LogP contribution is -2.30. The van der Waals surface area contributed by atoms with Gasteiger partial charge in [-0.05, 0) is 24.5 Å². The van der Waals surface area contributed by atoms with Crippen molar-refractivity contribution in [1.82, 2.24) is 0 Å². The number of ether oxygens (including phenoxy) is 4. The van der Waals surface area contributed by atoms with Gasteiger partial charge in [0.2, 0.25) is 0 Å². The van der Waals surface area contributed by atoms with E-state index < -0.39 is 30.0 Å². The SMILES string of the molecule is C=C(C)C(=O)OCC(COC(=O)c1ccccc1C(=O)OCC(C)(C)C)OC(C)=O. The van der Waals surface area contributed by atoms with Crippen LogP contribution in [0.5, 0.6) is 0 Å². The topological polar surface area (TPSA) is 105 Å². The third-order valence-corrected chi connectivity index (χ3v) is 3.48. The Morgan fingerprint density at radius 2 is 1.40 bits per heavy atom. The summed E-state index contributed by atoms with van der Waals surface area (Å²) in [6.07, 6.45) is -1.00. The van der Waals surface area contributed by atoms with Crippen molar-refractivity contribution < 1.29 is 38.1 Å². The van der Waals surface area contributed by atoms with E-state index in [9.17, 15) is 19.2 Å². The third kappa shape index (κ3) is 8.89. The summed E-state index contributed by atoms with van der Waals surface area (Å²) < 4.78 is 20.4. The molecule has 164 valence electrons. The fourth-order valence-corrected chi connectivity index (χ4v) is 2.09. The van der Waals surface area contributed by atoms with Crippen LogP contribution in [0.1, 0.15) is 55.3 Å². The molecule has 0 aromatic heterocycles. The highest BCUT2D eigenvalue weighted by Gasteiger charge is 2.23. The second-order valence-corrected chi connectivity index (χ2v) is 7.89. The van der Waals surface area contributed by atoms with Crippen LogP contribution in [0.25, 0.3) is 0 Å². The highest BCUT2D eigenvalue weighted by Crippen LogP contribution is 2.17. The summed E-state index contributed by atoms with van der Waals surface area (Å²) in [5, 5.41) is 0. The summed E-state index contributed by atoms with van der Waals surface area (Å²) in [7, 11) is 0. The average molecular weight is 420 g/mol. The summed E-state index contributed by atoms with van der Waals surface area (Å²) in [5.74, 6) is -2.75. The quantitative estimate of drug-likeness (QED) is 0.341. The van der Waals surface area contributed by atoms with Gasteiger partial charge in [-0.1, -0.05) is 39.5 Å². The molecule has 0 heterocycles. The molecule has 1 aromatic rings. The van der Waals surface area contributed by atoms with E-state index in [4.69, 9.17) is 18.9 Å². The number of benzene rings is 1. The first-order chi connectivity index (χ1) is 13.9. The first kappa shape index (κ1) is 24.9. The molecule has 0 spiro atoms. The molecule has 0 fully saturated rings. The monoisotopic (exact) mass is 420 g/mol. The standard InChI is InChI=1S/C22H28O8/c1-14(2)19(24)27-11-16(30-15(3)23)12-28-20(25)17-9-7-8-10-18(17)21(26)29-13-22(4,5)6/h7-10,16H,1,11-13H2,2-6H3. The van der Waals surface area contributed by atoms with Gasteiger partial charge in [0.25, 0.3) is 0 Å². The fourth-order valence-electron chi connectivity index (χ4n) is 2.09. The summed E-state index contributed by atoms with van der Waals surface area (Å²) in [6.45, 7) is 11.3. The van der Waals surface area contributed by atoms with Crippen molar-refractivity contribution in [2.75, 3.05) is 19.8 Å². The average Bonchev–Trinajstić information content (AvgIpc) is 2.66. The van der Waals surface area contributed by atoms with Crippen molar-refractivity contribution in [2.24, 2.45) is 5.41 Å². The molecule has 0 amide bonds. The maximum absolute atomic E-state index is 12.5. The summed E-state index contributed by atoms with van der Waals surface area (Å²) in [6, 6.07) is 6.07. The van der Waals surface area contributed by atoms with Crippen molar-refractivity contribution in [3.8, 4) is 0 Å². The lowest BCUT2D eigenvalue weighted by Gasteiger charge is -2.19. The Balaban J connectivity index is 2.82. The van der Waals surface area contributed by atoms with E-state index in [1.165, 1.54) is 26.0 Å². The Morgan fingerprint density at radius 3 is 1.87 bits per heavy atom. The van der Waals surface area contributed by atoms with Gasteiger partial charge in [-0.15, -0.1) is 0 Å². The van der Waals surface area contributed by atoms with E-state index in [1.54, 1.807) is 12.1 Å². The molecule has 30 heavy (non-hydrogen) atoms. The molecule has 0 saturated carbocycles. The van der Waals surface area contributed by atoms with Gasteiger partial charge in [-0.25, -0.2) is 14.4 Å². The molecule has 0 N–H and O–H groups in total. The maximum Gasteiger partial charge on any atom is 0.339 e. The van der Waals surface area contributed by atoms with Gasteiger partial charge in [0, 0.05) is 12.5 Å². The van der Waals surface area contributed by atoms with Crippen molar-refractivity contribution in [3.05, 3.63) is 47.5 Å². The van der Waals surface area contributed by atoms with E-state index in [-0.39, 0.29) is 41.9 Å². The highest BCUT2D eigenvalue weighted by molar-refractivity contribution is 6.03. The molecule has 1 aromatic carbocycles. The van der Waals surface area contributed by atoms with Crippen LogP contribution in [0, 0.1) is 5.41 Å². The minimum atomic E-state index is -1.00. The van der Waals surface area contributed by atoms with Crippen LogP contribution in [0.4, 0.5) is 0 Å².